The number of hydrogen-bond acceptors (Lipinski definition) is 6. The summed E-state index contributed by atoms with van der Waals surface area (Å²) in [6.07, 6.45) is 0. The average molecular weight is 202 g/mol. The van der Waals surface area contributed by atoms with Crippen molar-refractivity contribution in [2.24, 2.45) is 32.1 Å². The molecule has 0 saturated heterocycles. The predicted molar refractivity (Wildman–Crippen MR) is 44.9 cm³/mol. The first-order valence-electron chi connectivity index (χ1n) is 3.47. The number of azo groups is 2. The van der Waals surface area contributed by atoms with E-state index in [2.05, 4.69) is 20.5 Å². The standard InChI is InChI=1S/C4H10N8O2/c5-9-3(13)11-7-1-2-8-12-4(14)10-6/h1-2,5-6H2,(H,9,13)(H,10,14). The molecule has 0 spiro atoms. The highest BCUT2D eigenvalue weighted by Crippen LogP contribution is 1.81. The van der Waals surface area contributed by atoms with Gasteiger partial charge in [0.1, 0.15) is 0 Å². The lowest BCUT2D eigenvalue weighted by molar-refractivity contribution is 0.246. The molecule has 0 unspecified atom stereocenters. The van der Waals surface area contributed by atoms with Crippen LogP contribution in [0.5, 0.6) is 0 Å². The van der Waals surface area contributed by atoms with Crippen molar-refractivity contribution in [1.82, 2.24) is 10.9 Å². The molecule has 10 heteroatoms. The average Bonchev–Trinajstić information content (AvgIpc) is 2.22. The molecule has 0 aliphatic heterocycles. The van der Waals surface area contributed by atoms with E-state index >= 15 is 0 Å². The molecule has 4 amide bonds. The zero-order valence-electron chi connectivity index (χ0n) is 7.17. The fourth-order valence-electron chi connectivity index (χ4n) is 0.376. The third kappa shape index (κ3) is 6.75. The van der Waals surface area contributed by atoms with Crippen molar-refractivity contribution >= 4 is 12.1 Å². The summed E-state index contributed by atoms with van der Waals surface area (Å²) in [6, 6.07) is -1.52. The highest BCUT2D eigenvalue weighted by molar-refractivity contribution is 5.73. The molecule has 6 N–H and O–H groups in total. The van der Waals surface area contributed by atoms with Gasteiger partial charge in [-0.15, -0.1) is 0 Å². The maximum Gasteiger partial charge on any atom is 0.373 e. The molecule has 0 atom stereocenters. The van der Waals surface area contributed by atoms with Gasteiger partial charge in [-0.05, 0) is 0 Å². The van der Waals surface area contributed by atoms with E-state index in [1.165, 1.54) is 0 Å². The molecular formula is C4H10N8O2. The zero-order valence-corrected chi connectivity index (χ0v) is 7.17. The largest absolute Gasteiger partial charge is 0.373 e. The lowest BCUT2D eigenvalue weighted by Gasteiger charge is -1.88. The van der Waals surface area contributed by atoms with Crippen molar-refractivity contribution in [2.75, 3.05) is 13.1 Å². The van der Waals surface area contributed by atoms with Gasteiger partial charge < -0.3 is 0 Å². The first-order chi connectivity index (χ1) is 6.70. The molecule has 0 bridgehead atoms. The lowest BCUT2D eigenvalue weighted by atomic mass is 10.7. The van der Waals surface area contributed by atoms with Gasteiger partial charge >= 0.3 is 12.1 Å². The van der Waals surface area contributed by atoms with E-state index in [0.717, 1.165) is 0 Å². The molecule has 0 aliphatic rings. The fourth-order valence-corrected chi connectivity index (χ4v) is 0.376. The number of rotatable bonds is 3. The Morgan fingerprint density at radius 2 is 1.29 bits per heavy atom. The molecule has 10 nitrogen and oxygen atoms in total. The second-order valence-corrected chi connectivity index (χ2v) is 1.83. The van der Waals surface area contributed by atoms with Crippen LogP contribution in [0.1, 0.15) is 0 Å². The van der Waals surface area contributed by atoms with Gasteiger partial charge in [-0.1, -0.05) is 10.2 Å². The molecule has 0 aliphatic carbocycles. The fraction of sp³-hybridized carbons (Fsp3) is 0.500. The van der Waals surface area contributed by atoms with Crippen LogP contribution in [0.4, 0.5) is 9.59 Å². The number of carbonyl (C=O) groups is 2. The van der Waals surface area contributed by atoms with Gasteiger partial charge in [0, 0.05) is 0 Å². The zero-order chi connectivity index (χ0) is 10.8. The van der Waals surface area contributed by atoms with E-state index in [1.807, 2.05) is 0 Å². The Kier molecular flexibility index (Phi) is 6.63. The molecule has 0 aromatic rings. The number of nitrogens with zero attached hydrogens (tertiary/aromatic N) is 4. The van der Waals surface area contributed by atoms with Gasteiger partial charge in [0.25, 0.3) is 0 Å². The van der Waals surface area contributed by atoms with Gasteiger partial charge in [0.15, 0.2) is 0 Å². The topological polar surface area (TPSA) is 160 Å². The maximum absolute atomic E-state index is 10.4. The van der Waals surface area contributed by atoms with Crippen molar-refractivity contribution in [1.29, 1.82) is 0 Å². The van der Waals surface area contributed by atoms with Crippen molar-refractivity contribution in [3.05, 3.63) is 0 Å². The summed E-state index contributed by atoms with van der Waals surface area (Å²) in [6.45, 7) is 0.240. The van der Waals surface area contributed by atoms with Crippen molar-refractivity contribution in [3.8, 4) is 0 Å². The summed E-state index contributed by atoms with van der Waals surface area (Å²) in [5, 5.41) is 13.0. The second kappa shape index (κ2) is 7.70. The Hall–Kier alpha value is -1.94. The lowest BCUT2D eigenvalue weighted by Crippen LogP contribution is -2.26. The second-order valence-electron chi connectivity index (χ2n) is 1.83. The molecule has 14 heavy (non-hydrogen) atoms. The third-order valence-corrected chi connectivity index (χ3v) is 0.870. The molecule has 0 fully saturated rings. The summed E-state index contributed by atoms with van der Waals surface area (Å²) in [5.74, 6) is 9.42. The first-order valence-corrected chi connectivity index (χ1v) is 3.47. The van der Waals surface area contributed by atoms with E-state index in [4.69, 9.17) is 11.7 Å². The number of nitrogens with two attached hydrogens (primary N) is 2. The molecule has 0 aromatic heterocycles. The van der Waals surface area contributed by atoms with Crippen LogP contribution in [0.2, 0.25) is 0 Å². The van der Waals surface area contributed by atoms with E-state index in [0.29, 0.717) is 0 Å². The number of hydrazine groups is 2. The van der Waals surface area contributed by atoms with Crippen LogP contribution >= 0.6 is 0 Å². The van der Waals surface area contributed by atoms with Crippen LogP contribution in [0.3, 0.4) is 0 Å². The minimum atomic E-state index is -0.762. The van der Waals surface area contributed by atoms with Gasteiger partial charge in [0.05, 0.1) is 13.1 Å². The summed E-state index contributed by atoms with van der Waals surface area (Å²) < 4.78 is 0. The quantitative estimate of drug-likeness (QED) is 0.153. The van der Waals surface area contributed by atoms with Crippen LogP contribution in [0.25, 0.3) is 0 Å². The van der Waals surface area contributed by atoms with E-state index in [-0.39, 0.29) is 13.1 Å². The smallest absolute Gasteiger partial charge is 0.273 e. The van der Waals surface area contributed by atoms with Crippen molar-refractivity contribution in [2.45, 2.75) is 0 Å². The highest BCUT2D eigenvalue weighted by atomic mass is 16.2. The monoisotopic (exact) mass is 202 g/mol. The van der Waals surface area contributed by atoms with Crippen molar-refractivity contribution < 1.29 is 9.59 Å². The molecule has 0 saturated carbocycles. The van der Waals surface area contributed by atoms with E-state index < -0.39 is 12.1 Å². The third-order valence-electron chi connectivity index (χ3n) is 0.870. The normalized spacial score (nSPS) is 10.7. The summed E-state index contributed by atoms with van der Waals surface area (Å²) in [7, 11) is 0. The van der Waals surface area contributed by atoms with Gasteiger partial charge in [0.2, 0.25) is 0 Å². The first kappa shape index (κ1) is 12.1. The van der Waals surface area contributed by atoms with Crippen LogP contribution in [-0.2, 0) is 0 Å². The highest BCUT2D eigenvalue weighted by Gasteiger charge is 1.91. The van der Waals surface area contributed by atoms with Gasteiger partial charge in [-0.3, -0.25) is 10.9 Å². The number of hydrogen-bond donors (Lipinski definition) is 4. The van der Waals surface area contributed by atoms with Gasteiger partial charge in [-0.2, -0.15) is 10.2 Å². The van der Waals surface area contributed by atoms with Crippen LogP contribution in [0, 0.1) is 0 Å². The Morgan fingerprint density at radius 1 is 0.929 bits per heavy atom. The Balaban J connectivity index is 3.56. The summed E-state index contributed by atoms with van der Waals surface area (Å²) in [4.78, 5) is 20.7. The molecule has 0 heterocycles. The minimum absolute atomic E-state index is 0.120. The summed E-state index contributed by atoms with van der Waals surface area (Å²) >= 11 is 0. The van der Waals surface area contributed by atoms with Crippen LogP contribution in [0.15, 0.2) is 20.5 Å². The molecule has 0 radical (unpaired) electrons. The molecular weight excluding hydrogens is 192 g/mol. The van der Waals surface area contributed by atoms with Crippen LogP contribution in [-0.4, -0.2) is 25.2 Å². The predicted octanol–water partition coefficient (Wildman–Crippen LogP) is -0.943. The molecule has 0 rings (SSSR count). The number of amides is 4. The summed E-state index contributed by atoms with van der Waals surface area (Å²) in [5.41, 5.74) is 3.50. The van der Waals surface area contributed by atoms with E-state index in [1.54, 1.807) is 10.9 Å². The minimum Gasteiger partial charge on any atom is -0.273 e. The van der Waals surface area contributed by atoms with Crippen LogP contribution < -0.4 is 22.5 Å². The van der Waals surface area contributed by atoms with E-state index in [9.17, 15) is 9.59 Å². The number of urea groups is 2. The Bertz CT molecular complexity index is 222. The molecule has 78 valence electrons. The Labute approximate surface area is 78.8 Å². The SMILES string of the molecule is NNC(=O)N=NCCN=NC(=O)NN. The van der Waals surface area contributed by atoms with Gasteiger partial charge in [-0.25, -0.2) is 21.3 Å². The number of carbonyl (C=O) groups excluding carboxylic acids is 2. The maximum atomic E-state index is 10.4. The molecule has 0 aromatic carbocycles. The van der Waals surface area contributed by atoms with Crippen molar-refractivity contribution in [3.63, 3.8) is 0 Å². The number of nitrogens with one attached hydrogen (secondary N) is 2. The Morgan fingerprint density at radius 3 is 1.57 bits per heavy atom.